The topological polar surface area (TPSA) is 106 Å². The van der Waals surface area contributed by atoms with Crippen molar-refractivity contribution in [3.63, 3.8) is 0 Å². The number of hydrogen-bond donors (Lipinski definition) is 1. The number of fused-ring (bicyclic) bond motifs is 3. The average Bonchev–Trinajstić information content (AvgIpc) is 4.21. The van der Waals surface area contributed by atoms with Gasteiger partial charge < -0.3 is 42.9 Å². The Morgan fingerprint density at radius 3 is 1.41 bits per heavy atom. The summed E-state index contributed by atoms with van der Waals surface area (Å²) < 4.78 is 67.2. The number of unbranched alkanes of at least 4 members (excludes halogenated alkanes) is 2. The first-order chi connectivity index (χ1) is 32.4. The Kier molecular flexibility index (Phi) is 14.1. The van der Waals surface area contributed by atoms with E-state index in [0.29, 0.717) is 62.3 Å². The first-order valence-corrected chi connectivity index (χ1v) is 22.6. The molecule has 0 spiro atoms. The molecule has 5 aromatic carbocycles. The fourth-order valence-electron chi connectivity index (χ4n) is 8.31. The molecule has 342 valence electrons. The zero-order chi connectivity index (χ0) is 45.2. The van der Waals surface area contributed by atoms with E-state index < -0.39 is 11.9 Å². The molecule has 0 radical (unpaired) electrons. The van der Waals surface area contributed by atoms with E-state index in [1.165, 1.54) is 0 Å². The van der Waals surface area contributed by atoms with Gasteiger partial charge in [-0.3, -0.25) is 4.90 Å². The first kappa shape index (κ1) is 44.3. The van der Waals surface area contributed by atoms with E-state index in [1.807, 2.05) is 124 Å². The molecule has 14 heteroatoms. The van der Waals surface area contributed by atoms with Crippen molar-refractivity contribution in [2.75, 3.05) is 20.4 Å². The van der Waals surface area contributed by atoms with Crippen molar-refractivity contribution in [3.05, 3.63) is 155 Å². The van der Waals surface area contributed by atoms with Gasteiger partial charge in [0.25, 0.3) is 0 Å². The number of aromatic nitrogens is 4. The molecule has 0 bridgehead atoms. The van der Waals surface area contributed by atoms with E-state index in [0.717, 1.165) is 94.5 Å². The van der Waals surface area contributed by atoms with Crippen LogP contribution in [0.2, 0.25) is 0 Å². The third-order valence-electron chi connectivity index (χ3n) is 11.7. The highest BCUT2D eigenvalue weighted by Crippen LogP contribution is 2.36. The minimum Gasteiger partial charge on any atom is -0.454 e. The number of benzene rings is 5. The second-order valence-corrected chi connectivity index (χ2v) is 16.4. The molecule has 0 fully saturated rings. The number of ether oxygens (including phenoxy) is 6. The zero-order valence-corrected chi connectivity index (χ0v) is 37.3. The molecule has 0 saturated carbocycles. The van der Waals surface area contributed by atoms with Gasteiger partial charge in [-0.15, -0.1) is 0 Å². The molecule has 10 rings (SSSR count). The lowest BCUT2D eigenvalue weighted by molar-refractivity contribution is 0.173. The second kappa shape index (κ2) is 20.9. The van der Waals surface area contributed by atoms with E-state index in [2.05, 4.69) is 34.0 Å². The standard InChI is InChI=1S/C30H30FN3O4.C22H24FN3O2/c1-2-3-13-34-24(29(31)32-30(34)23-7-5-4-6-8-23)18-33(16-21-9-11-25-27(14-21)37-19-35-25)17-22-10-12-26-28(15-22)38-20-36-26;1-2-3-11-26-18(21(23)25-22(26)17-7-5-4-6-8-17)14-24-13-16-9-10-19-20(12-16)28-15-27-19/h4-12,14-15H,2-3,13,16-20H2,1H3;4-10,12,24H,2-3,11,13-15H2,1H3. The fourth-order valence-corrected chi connectivity index (χ4v) is 8.31. The summed E-state index contributed by atoms with van der Waals surface area (Å²) in [5.74, 6) is 4.98. The van der Waals surface area contributed by atoms with E-state index in [1.54, 1.807) is 0 Å². The largest absolute Gasteiger partial charge is 0.454 e. The van der Waals surface area contributed by atoms with Crippen LogP contribution >= 0.6 is 0 Å². The molecule has 1 N–H and O–H groups in total. The van der Waals surface area contributed by atoms with Crippen LogP contribution in [0.5, 0.6) is 34.5 Å². The van der Waals surface area contributed by atoms with Crippen LogP contribution in [0.25, 0.3) is 22.8 Å². The lowest BCUT2D eigenvalue weighted by atomic mass is 10.1. The van der Waals surface area contributed by atoms with Gasteiger partial charge in [0, 0.05) is 56.9 Å². The van der Waals surface area contributed by atoms with Gasteiger partial charge in [-0.25, -0.2) is 0 Å². The Bertz CT molecular complexity index is 2670. The highest BCUT2D eigenvalue weighted by atomic mass is 19.1. The molecular weight excluding hydrogens is 843 g/mol. The van der Waals surface area contributed by atoms with Gasteiger partial charge in [-0.05, 0) is 65.9 Å². The maximum Gasteiger partial charge on any atom is 0.235 e. The normalized spacial score (nSPS) is 13.0. The number of hydrogen-bond acceptors (Lipinski definition) is 10. The van der Waals surface area contributed by atoms with Crippen LogP contribution in [0.1, 0.15) is 67.6 Å². The van der Waals surface area contributed by atoms with Crippen molar-refractivity contribution >= 4 is 0 Å². The maximum atomic E-state index is 15.5. The van der Waals surface area contributed by atoms with Gasteiger partial charge in [0.1, 0.15) is 11.6 Å². The molecule has 3 aliphatic heterocycles. The lowest BCUT2D eigenvalue weighted by Gasteiger charge is -2.24. The first-order valence-electron chi connectivity index (χ1n) is 22.6. The molecule has 2 aromatic heterocycles. The van der Waals surface area contributed by atoms with Crippen molar-refractivity contribution in [2.45, 2.75) is 85.3 Å². The summed E-state index contributed by atoms with van der Waals surface area (Å²) in [7, 11) is 0. The maximum absolute atomic E-state index is 15.5. The molecule has 0 amide bonds. The van der Waals surface area contributed by atoms with Crippen LogP contribution in [0.15, 0.2) is 115 Å². The summed E-state index contributed by atoms with van der Waals surface area (Å²) in [5, 5.41) is 3.33. The number of nitrogens with one attached hydrogen (secondary N) is 1. The van der Waals surface area contributed by atoms with Crippen molar-refractivity contribution in [1.82, 2.24) is 29.3 Å². The Morgan fingerprint density at radius 2 is 0.924 bits per heavy atom. The number of imidazole rings is 2. The number of rotatable bonds is 18. The van der Waals surface area contributed by atoms with Crippen LogP contribution in [0, 0.1) is 11.9 Å². The molecular formula is C52H54F2N6O6. The van der Waals surface area contributed by atoms with Crippen LogP contribution < -0.4 is 33.7 Å². The monoisotopic (exact) mass is 896 g/mol. The predicted octanol–water partition coefficient (Wildman–Crippen LogP) is 10.7. The number of nitrogens with zero attached hydrogens (tertiary/aromatic N) is 5. The molecule has 7 aromatic rings. The van der Waals surface area contributed by atoms with Crippen molar-refractivity contribution in [2.24, 2.45) is 0 Å². The summed E-state index contributed by atoms with van der Waals surface area (Å²) in [6.45, 7) is 9.01. The summed E-state index contributed by atoms with van der Waals surface area (Å²) >= 11 is 0. The van der Waals surface area contributed by atoms with Gasteiger partial charge in [-0.1, -0.05) is 106 Å². The van der Waals surface area contributed by atoms with Crippen LogP contribution in [-0.4, -0.2) is 44.4 Å². The van der Waals surface area contributed by atoms with Crippen LogP contribution in [-0.2, 0) is 45.8 Å². The van der Waals surface area contributed by atoms with Gasteiger partial charge in [0.2, 0.25) is 32.3 Å². The minimum atomic E-state index is -0.429. The average molecular weight is 897 g/mol. The summed E-state index contributed by atoms with van der Waals surface area (Å²) in [6, 6.07) is 37.3. The van der Waals surface area contributed by atoms with E-state index in [-0.39, 0.29) is 20.4 Å². The smallest absolute Gasteiger partial charge is 0.235 e. The van der Waals surface area contributed by atoms with Gasteiger partial charge in [-0.2, -0.15) is 18.7 Å². The highest BCUT2D eigenvalue weighted by Gasteiger charge is 2.24. The van der Waals surface area contributed by atoms with Gasteiger partial charge in [0.05, 0.1) is 11.4 Å². The highest BCUT2D eigenvalue weighted by molar-refractivity contribution is 5.57. The summed E-state index contributed by atoms with van der Waals surface area (Å²) in [5.41, 5.74) is 6.18. The Morgan fingerprint density at radius 1 is 0.500 bits per heavy atom. The lowest BCUT2D eigenvalue weighted by Crippen LogP contribution is -2.25. The van der Waals surface area contributed by atoms with E-state index in [9.17, 15) is 4.39 Å². The summed E-state index contributed by atoms with van der Waals surface area (Å²) in [6.07, 6.45) is 3.96. The van der Waals surface area contributed by atoms with Crippen LogP contribution in [0.3, 0.4) is 0 Å². The Hall–Kier alpha value is -6.90. The second-order valence-electron chi connectivity index (χ2n) is 16.4. The molecule has 12 nitrogen and oxygen atoms in total. The third kappa shape index (κ3) is 10.3. The van der Waals surface area contributed by atoms with E-state index >= 15 is 4.39 Å². The quantitative estimate of drug-likeness (QED) is 0.0895. The zero-order valence-electron chi connectivity index (χ0n) is 37.3. The Balaban J connectivity index is 0.000000174. The Labute approximate surface area is 383 Å². The molecule has 0 saturated heterocycles. The fraction of sp³-hybridized carbons (Fsp3) is 0.308. The van der Waals surface area contributed by atoms with E-state index in [4.69, 9.17) is 28.4 Å². The van der Waals surface area contributed by atoms with Gasteiger partial charge >= 0.3 is 0 Å². The van der Waals surface area contributed by atoms with Crippen molar-refractivity contribution < 1.29 is 37.2 Å². The molecule has 3 aliphatic rings. The van der Waals surface area contributed by atoms with Crippen molar-refractivity contribution in [1.29, 1.82) is 0 Å². The molecule has 0 aliphatic carbocycles. The molecule has 0 unspecified atom stereocenters. The van der Waals surface area contributed by atoms with Crippen molar-refractivity contribution in [3.8, 4) is 57.3 Å². The third-order valence-corrected chi connectivity index (χ3v) is 11.7. The SMILES string of the molecule is CCCCn1c(-c2ccccc2)nc(F)c1CN(Cc1ccc2c(c1)OCO2)Cc1ccc2c(c1)OCO2.CCCCn1c(-c2ccccc2)nc(F)c1CNCc1ccc2c(c1)OCO2. The predicted molar refractivity (Wildman–Crippen MR) is 246 cm³/mol. The summed E-state index contributed by atoms with van der Waals surface area (Å²) in [4.78, 5) is 10.8. The van der Waals surface area contributed by atoms with Crippen LogP contribution in [0.4, 0.5) is 8.78 Å². The van der Waals surface area contributed by atoms with Gasteiger partial charge in [0.15, 0.2) is 34.5 Å². The molecule has 66 heavy (non-hydrogen) atoms. The minimum absolute atomic E-state index is 0.226. The molecule has 0 atom stereocenters. The molecule has 5 heterocycles. The number of halogens is 2.